The lowest BCUT2D eigenvalue weighted by atomic mass is 10.1. The molecule has 2 aliphatic heterocycles. The first-order valence-corrected chi connectivity index (χ1v) is 6.66. The Morgan fingerprint density at radius 1 is 1.30 bits per heavy atom. The van der Waals surface area contributed by atoms with Crippen molar-refractivity contribution >= 4 is 6.21 Å². The summed E-state index contributed by atoms with van der Waals surface area (Å²) in [5.41, 5.74) is 2.07. The molecule has 108 valence electrons. The summed E-state index contributed by atoms with van der Waals surface area (Å²) >= 11 is 0. The van der Waals surface area contributed by atoms with Gasteiger partial charge in [0.05, 0.1) is 19.4 Å². The van der Waals surface area contributed by atoms with Crippen LogP contribution in [0, 0.1) is 0 Å². The maximum absolute atomic E-state index is 5.61. The van der Waals surface area contributed by atoms with Crippen molar-refractivity contribution in [2.24, 2.45) is 5.16 Å². The summed E-state index contributed by atoms with van der Waals surface area (Å²) in [6, 6.07) is 3.88. The van der Waals surface area contributed by atoms with Gasteiger partial charge in [-0.2, -0.15) is 0 Å². The van der Waals surface area contributed by atoms with E-state index in [-0.39, 0.29) is 6.79 Å². The van der Waals surface area contributed by atoms with E-state index in [4.69, 9.17) is 19.0 Å². The first-order valence-electron chi connectivity index (χ1n) is 6.66. The van der Waals surface area contributed by atoms with Gasteiger partial charge in [-0.3, -0.25) is 4.90 Å². The normalized spacial score (nSPS) is 18.6. The van der Waals surface area contributed by atoms with Crippen LogP contribution >= 0.6 is 0 Å². The van der Waals surface area contributed by atoms with E-state index < -0.39 is 0 Å². The van der Waals surface area contributed by atoms with Gasteiger partial charge < -0.3 is 19.0 Å². The minimum Gasteiger partial charge on any atom is -0.454 e. The standard InChI is InChI=1S/C14H18N2O4/c1-17-15-8-11-2-3-13-14(20-10-19-13)12(11)9-16-4-6-18-7-5-16/h2-3,8H,4-7,9-10H2,1H3. The van der Waals surface area contributed by atoms with E-state index in [0.29, 0.717) is 0 Å². The molecule has 0 N–H and O–H groups in total. The molecule has 0 atom stereocenters. The van der Waals surface area contributed by atoms with Crippen molar-refractivity contribution in [2.75, 3.05) is 40.2 Å². The van der Waals surface area contributed by atoms with Crippen molar-refractivity contribution in [3.63, 3.8) is 0 Å². The molecule has 2 heterocycles. The van der Waals surface area contributed by atoms with Crippen molar-refractivity contribution in [1.29, 1.82) is 0 Å². The van der Waals surface area contributed by atoms with Crippen LogP contribution in [0.2, 0.25) is 0 Å². The smallest absolute Gasteiger partial charge is 0.231 e. The van der Waals surface area contributed by atoms with Crippen molar-refractivity contribution in [3.05, 3.63) is 23.3 Å². The Morgan fingerprint density at radius 2 is 2.15 bits per heavy atom. The highest BCUT2D eigenvalue weighted by Gasteiger charge is 2.22. The maximum atomic E-state index is 5.61. The number of hydrogen-bond acceptors (Lipinski definition) is 6. The molecule has 2 aliphatic rings. The molecule has 0 unspecified atom stereocenters. The number of fused-ring (bicyclic) bond motifs is 1. The molecule has 1 aromatic rings. The van der Waals surface area contributed by atoms with Gasteiger partial charge in [0.1, 0.15) is 7.11 Å². The molecule has 1 fully saturated rings. The summed E-state index contributed by atoms with van der Waals surface area (Å²) < 4.78 is 16.4. The Balaban J connectivity index is 1.88. The van der Waals surface area contributed by atoms with Crippen LogP contribution in [-0.4, -0.2) is 51.3 Å². The number of oxime groups is 1. The third-order valence-electron chi connectivity index (χ3n) is 3.46. The van der Waals surface area contributed by atoms with Gasteiger partial charge in [-0.05, 0) is 12.1 Å². The number of nitrogens with zero attached hydrogens (tertiary/aromatic N) is 2. The van der Waals surface area contributed by atoms with E-state index in [1.807, 2.05) is 12.1 Å². The van der Waals surface area contributed by atoms with Crippen LogP contribution in [0.4, 0.5) is 0 Å². The lowest BCUT2D eigenvalue weighted by Crippen LogP contribution is -2.36. The molecule has 20 heavy (non-hydrogen) atoms. The summed E-state index contributed by atoms with van der Waals surface area (Å²) in [6.45, 7) is 4.45. The third-order valence-corrected chi connectivity index (χ3v) is 3.46. The molecular weight excluding hydrogens is 260 g/mol. The molecule has 0 bridgehead atoms. The molecule has 0 spiro atoms. The molecule has 6 nitrogen and oxygen atoms in total. The molecule has 1 saturated heterocycles. The van der Waals surface area contributed by atoms with Crippen molar-refractivity contribution in [1.82, 2.24) is 4.90 Å². The van der Waals surface area contributed by atoms with E-state index in [1.54, 1.807) is 6.21 Å². The molecule has 0 saturated carbocycles. The minimum atomic E-state index is 0.274. The molecule has 3 rings (SSSR count). The first-order chi connectivity index (χ1) is 9.88. The zero-order valence-electron chi connectivity index (χ0n) is 11.5. The van der Waals surface area contributed by atoms with Crippen LogP contribution < -0.4 is 9.47 Å². The summed E-state index contributed by atoms with van der Waals surface area (Å²) in [5, 5.41) is 3.86. The van der Waals surface area contributed by atoms with Crippen LogP contribution in [0.3, 0.4) is 0 Å². The predicted molar refractivity (Wildman–Crippen MR) is 73.3 cm³/mol. The summed E-state index contributed by atoms with van der Waals surface area (Å²) in [4.78, 5) is 7.11. The molecule has 1 aromatic carbocycles. The minimum absolute atomic E-state index is 0.274. The largest absolute Gasteiger partial charge is 0.454 e. The molecule has 0 aromatic heterocycles. The number of morpholine rings is 1. The van der Waals surface area contributed by atoms with Gasteiger partial charge in [0.15, 0.2) is 11.5 Å². The maximum Gasteiger partial charge on any atom is 0.231 e. The van der Waals surface area contributed by atoms with Gasteiger partial charge in [0.25, 0.3) is 0 Å². The van der Waals surface area contributed by atoms with Gasteiger partial charge in [0.2, 0.25) is 6.79 Å². The molecule has 0 radical (unpaired) electrons. The van der Waals surface area contributed by atoms with E-state index >= 15 is 0 Å². The number of hydrogen-bond donors (Lipinski definition) is 0. The van der Waals surface area contributed by atoms with Crippen LogP contribution in [0.1, 0.15) is 11.1 Å². The Bertz CT molecular complexity index is 498. The second kappa shape index (κ2) is 6.11. The van der Waals surface area contributed by atoms with Crippen molar-refractivity contribution < 1.29 is 19.0 Å². The fourth-order valence-corrected chi connectivity index (χ4v) is 2.42. The van der Waals surface area contributed by atoms with E-state index in [1.165, 1.54) is 7.11 Å². The van der Waals surface area contributed by atoms with Crippen molar-refractivity contribution in [2.45, 2.75) is 6.54 Å². The van der Waals surface area contributed by atoms with E-state index in [2.05, 4.69) is 10.1 Å². The number of ether oxygens (including phenoxy) is 3. The van der Waals surface area contributed by atoms with E-state index in [9.17, 15) is 0 Å². The topological polar surface area (TPSA) is 52.5 Å². The van der Waals surface area contributed by atoms with E-state index in [0.717, 1.165) is 55.5 Å². The quantitative estimate of drug-likeness (QED) is 0.612. The second-order valence-corrected chi connectivity index (χ2v) is 4.67. The highest BCUT2D eigenvalue weighted by Crippen LogP contribution is 2.37. The molecule has 0 amide bonds. The number of benzene rings is 1. The highest BCUT2D eigenvalue weighted by atomic mass is 16.7. The summed E-state index contributed by atoms with van der Waals surface area (Å²) in [5.74, 6) is 1.61. The lowest BCUT2D eigenvalue weighted by Gasteiger charge is -2.27. The van der Waals surface area contributed by atoms with Gasteiger partial charge in [0, 0.05) is 30.8 Å². The Hall–Kier alpha value is -1.79. The average Bonchev–Trinajstić information content (AvgIpc) is 2.96. The van der Waals surface area contributed by atoms with Gasteiger partial charge in [-0.25, -0.2) is 0 Å². The molecular formula is C14H18N2O4. The molecule has 6 heteroatoms. The summed E-state index contributed by atoms with van der Waals surface area (Å²) in [7, 11) is 1.53. The van der Waals surface area contributed by atoms with Crippen LogP contribution in [0.25, 0.3) is 0 Å². The SMILES string of the molecule is CON=Cc1ccc2c(c1CN1CCOCC1)OCO2. The predicted octanol–water partition coefficient (Wildman–Crippen LogP) is 1.23. The zero-order chi connectivity index (χ0) is 13.8. The first kappa shape index (κ1) is 13.2. The van der Waals surface area contributed by atoms with Crippen LogP contribution in [0.5, 0.6) is 11.5 Å². The van der Waals surface area contributed by atoms with Crippen LogP contribution in [0.15, 0.2) is 17.3 Å². The Morgan fingerprint density at radius 3 is 2.95 bits per heavy atom. The Labute approximate surface area is 117 Å². The average molecular weight is 278 g/mol. The highest BCUT2D eigenvalue weighted by molar-refractivity contribution is 5.83. The van der Waals surface area contributed by atoms with Gasteiger partial charge >= 0.3 is 0 Å². The zero-order valence-corrected chi connectivity index (χ0v) is 11.5. The van der Waals surface area contributed by atoms with Gasteiger partial charge in [-0.15, -0.1) is 0 Å². The summed E-state index contributed by atoms with van der Waals surface area (Å²) in [6.07, 6.45) is 1.71. The lowest BCUT2D eigenvalue weighted by molar-refractivity contribution is 0.0338. The number of rotatable bonds is 4. The Kier molecular flexibility index (Phi) is 4.03. The van der Waals surface area contributed by atoms with Crippen LogP contribution in [-0.2, 0) is 16.1 Å². The van der Waals surface area contributed by atoms with Crippen molar-refractivity contribution in [3.8, 4) is 11.5 Å². The van der Waals surface area contributed by atoms with Gasteiger partial charge in [-0.1, -0.05) is 5.16 Å². The molecule has 0 aliphatic carbocycles. The monoisotopic (exact) mass is 278 g/mol. The second-order valence-electron chi connectivity index (χ2n) is 4.67. The fourth-order valence-electron chi connectivity index (χ4n) is 2.42. The third kappa shape index (κ3) is 2.71. The fraction of sp³-hybridized carbons (Fsp3) is 0.500.